The van der Waals surface area contributed by atoms with Gasteiger partial charge in [0.2, 0.25) is 0 Å². The van der Waals surface area contributed by atoms with E-state index in [-0.39, 0.29) is 5.82 Å². The van der Waals surface area contributed by atoms with Crippen molar-refractivity contribution in [1.29, 1.82) is 0 Å². The van der Waals surface area contributed by atoms with Crippen LogP contribution >= 0.6 is 0 Å². The Morgan fingerprint density at radius 2 is 2.00 bits per heavy atom. The van der Waals surface area contributed by atoms with Gasteiger partial charge in [0.25, 0.3) is 0 Å². The zero-order chi connectivity index (χ0) is 13.9. The Morgan fingerprint density at radius 3 is 2.75 bits per heavy atom. The molecule has 1 aliphatic rings. The minimum atomic E-state index is -0.270. The van der Waals surface area contributed by atoms with Gasteiger partial charge in [-0.15, -0.1) is 0 Å². The van der Waals surface area contributed by atoms with Gasteiger partial charge in [-0.05, 0) is 36.1 Å². The van der Waals surface area contributed by atoms with Crippen molar-refractivity contribution in [3.05, 3.63) is 35.6 Å². The molecule has 0 radical (unpaired) electrons. The second-order valence-electron chi connectivity index (χ2n) is 5.69. The topological polar surface area (TPSA) is 50.9 Å². The molecule has 0 saturated heterocycles. The van der Waals surface area contributed by atoms with Crippen LogP contribution in [0.1, 0.15) is 37.7 Å². The third-order valence-corrected chi connectivity index (χ3v) is 4.23. The van der Waals surface area contributed by atoms with Crippen LogP contribution < -0.4 is 11.3 Å². The molecule has 1 aliphatic carbocycles. The van der Waals surface area contributed by atoms with Gasteiger partial charge in [-0.25, -0.2) is 15.2 Å². The highest BCUT2D eigenvalue weighted by Gasteiger charge is 2.16. The molecule has 1 fully saturated rings. The van der Waals surface area contributed by atoms with Gasteiger partial charge < -0.3 is 5.43 Å². The zero-order valence-electron chi connectivity index (χ0n) is 11.5. The summed E-state index contributed by atoms with van der Waals surface area (Å²) < 4.78 is 13.3. The standard InChI is InChI=1S/C16H20FN3/c17-14-7-6-12-9-13(8-11-4-2-1-3-5-11)16(20-18)19-15(12)10-14/h6-7,9-11H,1-5,8,18H2,(H,19,20). The minimum absolute atomic E-state index is 0.270. The Labute approximate surface area is 118 Å². The first kappa shape index (κ1) is 13.3. The van der Waals surface area contributed by atoms with Crippen molar-refractivity contribution >= 4 is 16.7 Å². The number of nitrogens with one attached hydrogen (secondary N) is 1. The molecule has 0 unspecified atom stereocenters. The number of pyridine rings is 1. The summed E-state index contributed by atoms with van der Waals surface area (Å²) in [7, 11) is 0. The van der Waals surface area contributed by atoms with Gasteiger partial charge in [0.1, 0.15) is 11.6 Å². The average molecular weight is 273 g/mol. The second kappa shape index (κ2) is 5.75. The minimum Gasteiger partial charge on any atom is -0.308 e. The van der Waals surface area contributed by atoms with Gasteiger partial charge in [-0.1, -0.05) is 32.1 Å². The molecule has 0 amide bonds. The summed E-state index contributed by atoms with van der Waals surface area (Å²) >= 11 is 0. The molecule has 106 valence electrons. The molecule has 0 atom stereocenters. The fourth-order valence-corrected chi connectivity index (χ4v) is 3.17. The number of hydrogen-bond acceptors (Lipinski definition) is 3. The number of hydrogen-bond donors (Lipinski definition) is 2. The van der Waals surface area contributed by atoms with Gasteiger partial charge in [0.15, 0.2) is 0 Å². The number of halogens is 1. The number of aromatic nitrogens is 1. The Kier molecular flexibility index (Phi) is 3.83. The Hall–Kier alpha value is -1.68. The van der Waals surface area contributed by atoms with Gasteiger partial charge in [-0.3, -0.25) is 0 Å². The highest BCUT2D eigenvalue weighted by Crippen LogP contribution is 2.30. The van der Waals surface area contributed by atoms with Crippen molar-refractivity contribution in [2.45, 2.75) is 38.5 Å². The van der Waals surface area contributed by atoms with Crippen molar-refractivity contribution in [3.63, 3.8) is 0 Å². The first-order chi connectivity index (χ1) is 9.76. The molecule has 0 bridgehead atoms. The number of anilines is 1. The van der Waals surface area contributed by atoms with Crippen LogP contribution in [-0.4, -0.2) is 4.98 Å². The van der Waals surface area contributed by atoms with Crippen molar-refractivity contribution < 1.29 is 4.39 Å². The molecular formula is C16H20FN3. The van der Waals surface area contributed by atoms with Gasteiger partial charge >= 0.3 is 0 Å². The molecule has 1 aromatic heterocycles. The quantitative estimate of drug-likeness (QED) is 0.661. The molecule has 1 saturated carbocycles. The molecule has 1 aromatic carbocycles. The molecule has 3 nitrogen and oxygen atoms in total. The van der Waals surface area contributed by atoms with Crippen LogP contribution in [0.3, 0.4) is 0 Å². The van der Waals surface area contributed by atoms with Crippen molar-refractivity contribution in [2.24, 2.45) is 11.8 Å². The van der Waals surface area contributed by atoms with Crippen molar-refractivity contribution in [3.8, 4) is 0 Å². The molecule has 20 heavy (non-hydrogen) atoms. The predicted molar refractivity (Wildman–Crippen MR) is 79.8 cm³/mol. The first-order valence-electron chi connectivity index (χ1n) is 7.32. The lowest BCUT2D eigenvalue weighted by Gasteiger charge is -2.22. The summed E-state index contributed by atoms with van der Waals surface area (Å²) in [5.74, 6) is 6.70. The lowest BCUT2D eigenvalue weighted by Crippen LogP contribution is -2.15. The van der Waals surface area contributed by atoms with Crippen LogP contribution in [0.25, 0.3) is 10.9 Å². The van der Waals surface area contributed by atoms with Gasteiger partial charge in [0.05, 0.1) is 5.52 Å². The van der Waals surface area contributed by atoms with E-state index in [1.807, 2.05) is 0 Å². The summed E-state index contributed by atoms with van der Waals surface area (Å²) in [6.45, 7) is 0. The number of nitrogens with zero attached hydrogens (tertiary/aromatic N) is 1. The van der Waals surface area contributed by atoms with E-state index in [1.54, 1.807) is 6.07 Å². The second-order valence-corrected chi connectivity index (χ2v) is 5.69. The summed E-state index contributed by atoms with van der Waals surface area (Å²) in [6.07, 6.45) is 7.56. The van der Waals surface area contributed by atoms with E-state index >= 15 is 0 Å². The maximum atomic E-state index is 13.3. The summed E-state index contributed by atoms with van der Waals surface area (Å²) in [5.41, 5.74) is 4.44. The molecule has 1 heterocycles. The highest BCUT2D eigenvalue weighted by molar-refractivity contribution is 5.81. The third kappa shape index (κ3) is 2.75. The fraction of sp³-hybridized carbons (Fsp3) is 0.438. The number of nitrogens with two attached hydrogens (primary N) is 1. The highest BCUT2D eigenvalue weighted by atomic mass is 19.1. The molecule has 2 aromatic rings. The third-order valence-electron chi connectivity index (χ3n) is 4.23. The van der Waals surface area contributed by atoms with E-state index in [4.69, 9.17) is 5.84 Å². The van der Waals surface area contributed by atoms with E-state index in [0.29, 0.717) is 11.3 Å². The molecule has 0 aliphatic heterocycles. The summed E-state index contributed by atoms with van der Waals surface area (Å²) in [6, 6.07) is 6.79. The van der Waals surface area contributed by atoms with Crippen LogP contribution in [0.2, 0.25) is 0 Å². The van der Waals surface area contributed by atoms with E-state index in [0.717, 1.165) is 23.3 Å². The molecule has 0 spiro atoms. The maximum absolute atomic E-state index is 13.3. The van der Waals surface area contributed by atoms with Crippen LogP contribution in [-0.2, 0) is 6.42 Å². The monoisotopic (exact) mass is 273 g/mol. The number of fused-ring (bicyclic) bond motifs is 1. The average Bonchev–Trinajstić information content (AvgIpc) is 2.48. The van der Waals surface area contributed by atoms with Crippen molar-refractivity contribution in [2.75, 3.05) is 5.43 Å². The normalized spacial score (nSPS) is 16.5. The van der Waals surface area contributed by atoms with E-state index in [9.17, 15) is 4.39 Å². The lowest BCUT2D eigenvalue weighted by atomic mass is 9.85. The molecule has 3 N–H and O–H groups in total. The number of hydrazine groups is 1. The van der Waals surface area contributed by atoms with Crippen molar-refractivity contribution in [1.82, 2.24) is 4.98 Å². The van der Waals surface area contributed by atoms with Crippen LogP contribution in [0.5, 0.6) is 0 Å². The number of nitrogen functional groups attached to an aromatic ring is 1. The Balaban J connectivity index is 1.93. The maximum Gasteiger partial charge on any atom is 0.143 e. The first-order valence-corrected chi connectivity index (χ1v) is 7.32. The largest absolute Gasteiger partial charge is 0.308 e. The van der Waals surface area contributed by atoms with E-state index in [2.05, 4.69) is 16.5 Å². The molecule has 3 rings (SSSR count). The number of rotatable bonds is 3. The van der Waals surface area contributed by atoms with E-state index < -0.39 is 0 Å². The summed E-state index contributed by atoms with van der Waals surface area (Å²) in [5, 5.41) is 0.969. The van der Waals surface area contributed by atoms with Gasteiger partial charge in [0, 0.05) is 11.5 Å². The smallest absolute Gasteiger partial charge is 0.143 e. The molecule has 4 heteroatoms. The lowest BCUT2D eigenvalue weighted by molar-refractivity contribution is 0.357. The van der Waals surface area contributed by atoms with E-state index in [1.165, 1.54) is 44.2 Å². The van der Waals surface area contributed by atoms with Crippen LogP contribution in [0.15, 0.2) is 24.3 Å². The van der Waals surface area contributed by atoms with Crippen LogP contribution in [0, 0.1) is 11.7 Å². The Bertz CT molecular complexity index is 606. The van der Waals surface area contributed by atoms with Gasteiger partial charge in [-0.2, -0.15) is 0 Å². The Morgan fingerprint density at radius 1 is 1.20 bits per heavy atom. The number of benzene rings is 1. The fourth-order valence-electron chi connectivity index (χ4n) is 3.17. The SMILES string of the molecule is NNc1nc2cc(F)ccc2cc1CC1CCCCC1. The zero-order valence-corrected chi connectivity index (χ0v) is 11.5. The predicted octanol–water partition coefficient (Wildman–Crippen LogP) is 3.78. The summed E-state index contributed by atoms with van der Waals surface area (Å²) in [4.78, 5) is 4.44. The van der Waals surface area contributed by atoms with Crippen LogP contribution in [0.4, 0.5) is 10.2 Å². The molecular weight excluding hydrogens is 253 g/mol.